The summed E-state index contributed by atoms with van der Waals surface area (Å²) in [5.74, 6) is 1.11. The van der Waals surface area contributed by atoms with Gasteiger partial charge in [0.05, 0.1) is 11.7 Å². The first kappa shape index (κ1) is 9.72. The highest BCUT2D eigenvalue weighted by atomic mass is 15.0. The Morgan fingerprint density at radius 3 is 2.59 bits per heavy atom. The molecule has 3 aromatic rings. The van der Waals surface area contributed by atoms with Crippen LogP contribution in [0.25, 0.3) is 22.3 Å². The predicted octanol–water partition coefficient (Wildman–Crippen LogP) is 2.27. The first-order chi connectivity index (χ1) is 8.34. The van der Waals surface area contributed by atoms with Crippen molar-refractivity contribution in [2.45, 2.75) is 0 Å². The first-order valence-corrected chi connectivity index (χ1v) is 5.27. The van der Waals surface area contributed by atoms with E-state index in [0.717, 1.165) is 16.5 Å². The molecular weight excluding hydrogens is 212 g/mol. The lowest BCUT2D eigenvalue weighted by molar-refractivity contribution is 1.21. The summed E-state index contributed by atoms with van der Waals surface area (Å²) in [4.78, 5) is 12.8. The average Bonchev–Trinajstić information content (AvgIpc) is 2.40. The Hall–Kier alpha value is -2.49. The Labute approximate surface area is 98.2 Å². The van der Waals surface area contributed by atoms with Gasteiger partial charge in [-0.3, -0.25) is 4.98 Å². The zero-order valence-electron chi connectivity index (χ0n) is 9.04. The fraction of sp³-hybridized carbons (Fsp3) is 0. The Morgan fingerprint density at radius 1 is 0.941 bits per heavy atom. The Kier molecular flexibility index (Phi) is 2.19. The Balaban J connectivity index is 2.26. The van der Waals surface area contributed by atoms with Gasteiger partial charge in [-0.05, 0) is 6.07 Å². The summed E-state index contributed by atoms with van der Waals surface area (Å²) in [7, 11) is 0. The Morgan fingerprint density at radius 2 is 1.76 bits per heavy atom. The maximum absolute atomic E-state index is 5.92. The van der Waals surface area contributed by atoms with Gasteiger partial charge in [-0.1, -0.05) is 30.3 Å². The van der Waals surface area contributed by atoms with E-state index in [-0.39, 0.29) is 0 Å². The molecule has 0 saturated heterocycles. The fourth-order valence-corrected chi connectivity index (χ4v) is 1.72. The van der Waals surface area contributed by atoms with Crippen LogP contribution in [0.4, 0.5) is 5.82 Å². The van der Waals surface area contributed by atoms with Crippen molar-refractivity contribution < 1.29 is 0 Å². The van der Waals surface area contributed by atoms with Gasteiger partial charge in [-0.15, -0.1) is 0 Å². The number of benzene rings is 1. The average molecular weight is 222 g/mol. The highest BCUT2D eigenvalue weighted by Crippen LogP contribution is 2.21. The molecule has 0 aliphatic carbocycles. The van der Waals surface area contributed by atoms with E-state index in [1.54, 1.807) is 12.4 Å². The third-order valence-corrected chi connectivity index (χ3v) is 2.56. The van der Waals surface area contributed by atoms with Crippen LogP contribution in [0.15, 0.2) is 48.8 Å². The molecule has 4 heteroatoms. The minimum absolute atomic E-state index is 0.483. The van der Waals surface area contributed by atoms with E-state index >= 15 is 0 Å². The normalized spacial score (nSPS) is 10.6. The maximum Gasteiger partial charge on any atom is 0.162 e. The van der Waals surface area contributed by atoms with Gasteiger partial charge in [0.2, 0.25) is 0 Å². The van der Waals surface area contributed by atoms with Crippen LogP contribution in [0.5, 0.6) is 0 Å². The van der Waals surface area contributed by atoms with Gasteiger partial charge in [-0.2, -0.15) is 0 Å². The molecule has 2 heterocycles. The lowest BCUT2D eigenvalue weighted by Crippen LogP contribution is -1.97. The number of hydrogen-bond donors (Lipinski definition) is 1. The molecule has 2 aromatic heterocycles. The van der Waals surface area contributed by atoms with Gasteiger partial charge in [0.25, 0.3) is 0 Å². The number of fused-ring (bicyclic) bond motifs is 1. The predicted molar refractivity (Wildman–Crippen MR) is 67.2 cm³/mol. The summed E-state index contributed by atoms with van der Waals surface area (Å²) in [6.07, 6.45) is 3.38. The molecule has 0 aliphatic heterocycles. The van der Waals surface area contributed by atoms with Crippen LogP contribution < -0.4 is 5.73 Å². The van der Waals surface area contributed by atoms with E-state index in [1.807, 2.05) is 36.4 Å². The van der Waals surface area contributed by atoms with E-state index in [0.29, 0.717) is 11.6 Å². The molecule has 0 spiro atoms. The van der Waals surface area contributed by atoms with Crippen molar-refractivity contribution in [2.75, 3.05) is 5.73 Å². The molecule has 0 unspecified atom stereocenters. The standard InChI is InChI=1S/C13H10N4/c14-12-10-6-7-15-8-11(10)16-13(17-12)9-4-2-1-3-5-9/h1-8H,(H2,14,16,17). The summed E-state index contributed by atoms with van der Waals surface area (Å²) in [6, 6.07) is 11.6. The van der Waals surface area contributed by atoms with Gasteiger partial charge in [-0.25, -0.2) is 9.97 Å². The number of nitrogens with two attached hydrogens (primary N) is 1. The third kappa shape index (κ3) is 1.69. The smallest absolute Gasteiger partial charge is 0.162 e. The number of pyridine rings is 1. The number of nitrogen functional groups attached to an aromatic ring is 1. The van der Waals surface area contributed by atoms with E-state index in [1.165, 1.54) is 0 Å². The number of hydrogen-bond acceptors (Lipinski definition) is 4. The van der Waals surface area contributed by atoms with Crippen LogP contribution in [0.1, 0.15) is 0 Å². The maximum atomic E-state index is 5.92. The second-order valence-corrected chi connectivity index (χ2v) is 3.69. The molecule has 82 valence electrons. The SMILES string of the molecule is Nc1nc(-c2ccccc2)nc2cnccc12. The molecule has 0 saturated carbocycles. The van der Waals surface area contributed by atoms with Crippen molar-refractivity contribution in [2.24, 2.45) is 0 Å². The first-order valence-electron chi connectivity index (χ1n) is 5.27. The number of rotatable bonds is 1. The second-order valence-electron chi connectivity index (χ2n) is 3.69. The molecule has 4 nitrogen and oxygen atoms in total. The lowest BCUT2D eigenvalue weighted by Gasteiger charge is -2.04. The van der Waals surface area contributed by atoms with Crippen LogP contribution in [0, 0.1) is 0 Å². The highest BCUT2D eigenvalue weighted by molar-refractivity contribution is 5.88. The summed E-state index contributed by atoms with van der Waals surface area (Å²) in [6.45, 7) is 0. The van der Waals surface area contributed by atoms with Gasteiger partial charge < -0.3 is 5.73 Å². The largest absolute Gasteiger partial charge is 0.383 e. The number of anilines is 1. The van der Waals surface area contributed by atoms with Gasteiger partial charge >= 0.3 is 0 Å². The van der Waals surface area contributed by atoms with Crippen molar-refractivity contribution >= 4 is 16.7 Å². The summed E-state index contributed by atoms with van der Waals surface area (Å²) in [5.41, 5.74) is 7.63. The summed E-state index contributed by atoms with van der Waals surface area (Å²) < 4.78 is 0. The molecule has 0 bridgehead atoms. The van der Waals surface area contributed by atoms with Crippen LogP contribution >= 0.6 is 0 Å². The number of nitrogens with zero attached hydrogens (tertiary/aromatic N) is 3. The van der Waals surface area contributed by atoms with Crippen molar-refractivity contribution in [3.8, 4) is 11.4 Å². The molecule has 0 fully saturated rings. The molecule has 17 heavy (non-hydrogen) atoms. The molecule has 2 N–H and O–H groups in total. The topological polar surface area (TPSA) is 64.7 Å². The summed E-state index contributed by atoms with van der Waals surface area (Å²) >= 11 is 0. The fourth-order valence-electron chi connectivity index (χ4n) is 1.72. The summed E-state index contributed by atoms with van der Waals surface area (Å²) in [5, 5.41) is 0.833. The van der Waals surface area contributed by atoms with E-state index < -0.39 is 0 Å². The van der Waals surface area contributed by atoms with Crippen LogP contribution in [-0.2, 0) is 0 Å². The van der Waals surface area contributed by atoms with E-state index in [9.17, 15) is 0 Å². The molecule has 0 atom stereocenters. The van der Waals surface area contributed by atoms with E-state index in [2.05, 4.69) is 15.0 Å². The minimum atomic E-state index is 0.483. The monoisotopic (exact) mass is 222 g/mol. The third-order valence-electron chi connectivity index (χ3n) is 2.56. The molecule has 0 aliphatic rings. The molecule has 0 radical (unpaired) electrons. The van der Waals surface area contributed by atoms with Crippen molar-refractivity contribution in [1.29, 1.82) is 0 Å². The van der Waals surface area contributed by atoms with Crippen molar-refractivity contribution in [3.05, 3.63) is 48.8 Å². The quantitative estimate of drug-likeness (QED) is 0.686. The lowest BCUT2D eigenvalue weighted by atomic mass is 10.2. The molecule has 3 rings (SSSR count). The second kappa shape index (κ2) is 3.83. The minimum Gasteiger partial charge on any atom is -0.383 e. The van der Waals surface area contributed by atoms with Gasteiger partial charge in [0.15, 0.2) is 5.82 Å². The molecule has 0 amide bonds. The van der Waals surface area contributed by atoms with Gasteiger partial charge in [0, 0.05) is 17.1 Å². The molecular formula is C13H10N4. The zero-order chi connectivity index (χ0) is 11.7. The van der Waals surface area contributed by atoms with Crippen molar-refractivity contribution in [1.82, 2.24) is 15.0 Å². The Bertz CT molecular complexity index is 665. The molecule has 1 aromatic carbocycles. The van der Waals surface area contributed by atoms with Crippen LogP contribution in [0.3, 0.4) is 0 Å². The van der Waals surface area contributed by atoms with Crippen LogP contribution in [-0.4, -0.2) is 15.0 Å². The van der Waals surface area contributed by atoms with Crippen molar-refractivity contribution in [3.63, 3.8) is 0 Å². The van der Waals surface area contributed by atoms with E-state index in [4.69, 9.17) is 5.73 Å². The van der Waals surface area contributed by atoms with Gasteiger partial charge in [0.1, 0.15) is 5.82 Å². The van der Waals surface area contributed by atoms with Crippen LogP contribution in [0.2, 0.25) is 0 Å². The number of aromatic nitrogens is 3. The highest BCUT2D eigenvalue weighted by Gasteiger charge is 2.06. The zero-order valence-corrected chi connectivity index (χ0v) is 9.04.